The summed E-state index contributed by atoms with van der Waals surface area (Å²) in [6, 6.07) is 15.4. The van der Waals surface area contributed by atoms with Crippen molar-refractivity contribution in [2.24, 2.45) is 7.05 Å². The van der Waals surface area contributed by atoms with Crippen molar-refractivity contribution in [3.05, 3.63) is 119 Å². The summed E-state index contributed by atoms with van der Waals surface area (Å²) in [5.74, 6) is -3.14. The Labute approximate surface area is 232 Å². The Balaban J connectivity index is 1.76. The predicted molar refractivity (Wildman–Crippen MR) is 142 cm³/mol. The van der Waals surface area contributed by atoms with Crippen molar-refractivity contribution >= 4 is 10.9 Å². The highest BCUT2D eigenvalue weighted by Crippen LogP contribution is 2.43. The average molecular weight is 569 g/mol. The van der Waals surface area contributed by atoms with Crippen molar-refractivity contribution in [2.75, 3.05) is 7.11 Å². The van der Waals surface area contributed by atoms with Crippen LogP contribution in [0.4, 0.5) is 22.0 Å². The third-order valence-electron chi connectivity index (χ3n) is 6.95. The van der Waals surface area contributed by atoms with Gasteiger partial charge in [-0.05, 0) is 29.3 Å². The van der Waals surface area contributed by atoms with Crippen LogP contribution in [0.15, 0.2) is 79.4 Å². The first-order valence-corrected chi connectivity index (χ1v) is 12.5. The number of rotatable bonds is 7. The molecule has 2 aromatic carbocycles. The van der Waals surface area contributed by atoms with Gasteiger partial charge in [0.1, 0.15) is 17.1 Å². The molecule has 5 rings (SSSR count). The van der Waals surface area contributed by atoms with E-state index >= 15 is 0 Å². The topological polar surface area (TPSA) is 73.1 Å². The number of hydrogen-bond acceptors (Lipinski definition) is 5. The van der Waals surface area contributed by atoms with E-state index in [1.807, 2.05) is 6.07 Å². The Morgan fingerprint density at radius 1 is 0.927 bits per heavy atom. The summed E-state index contributed by atoms with van der Waals surface area (Å²) in [5.41, 5.74) is -1.94. The summed E-state index contributed by atoms with van der Waals surface area (Å²) in [4.78, 5) is 11.9. The van der Waals surface area contributed by atoms with Gasteiger partial charge in [-0.25, -0.2) is 9.97 Å². The van der Waals surface area contributed by atoms with Crippen LogP contribution in [0.25, 0.3) is 10.9 Å². The number of methoxy groups -OCH3 is 1. The summed E-state index contributed by atoms with van der Waals surface area (Å²) < 4.78 is 76.6. The zero-order valence-electron chi connectivity index (χ0n) is 22.2. The summed E-state index contributed by atoms with van der Waals surface area (Å²) in [5, 5.41) is 12.6. The van der Waals surface area contributed by atoms with Crippen molar-refractivity contribution in [3.8, 4) is 5.75 Å². The number of ether oxygens (including phenoxy) is 1. The van der Waals surface area contributed by atoms with Gasteiger partial charge in [0.25, 0.3) is 5.92 Å². The Morgan fingerprint density at radius 2 is 1.63 bits per heavy atom. The number of pyridine rings is 2. The number of aryl methyl sites for hydroxylation is 1. The minimum Gasteiger partial charge on any atom is -0.496 e. The fourth-order valence-corrected chi connectivity index (χ4v) is 5.00. The van der Waals surface area contributed by atoms with E-state index in [4.69, 9.17) is 4.74 Å². The third kappa shape index (κ3) is 5.13. The number of benzene rings is 2. The molecule has 3 heterocycles. The molecule has 0 amide bonds. The minimum atomic E-state index is -4.67. The lowest BCUT2D eigenvalue weighted by Crippen LogP contribution is -2.31. The molecule has 1 atom stereocenters. The molecule has 5 aromatic rings. The Hall–Kier alpha value is -4.38. The number of aromatic nitrogens is 4. The van der Waals surface area contributed by atoms with Crippen LogP contribution >= 0.6 is 0 Å². The standard InChI is InChI=1S/C30H25F5N4O2/c1-28(31,32)27-22(13-18-7-5-4-6-8-18)26(41-3)21-14-19(9-11-23(21)38-27)29(40,25-16-36-17-39(25)2)20-10-12-24(37-15-20)30(33,34)35/h4-12,14-17,40H,13H2,1-3H3. The number of imidazole rings is 1. The molecule has 0 saturated heterocycles. The molecule has 0 aliphatic rings. The second-order valence-electron chi connectivity index (χ2n) is 9.78. The van der Waals surface area contributed by atoms with E-state index in [0.717, 1.165) is 30.8 Å². The van der Waals surface area contributed by atoms with Gasteiger partial charge >= 0.3 is 6.18 Å². The monoisotopic (exact) mass is 568 g/mol. The second-order valence-corrected chi connectivity index (χ2v) is 9.78. The van der Waals surface area contributed by atoms with Crippen molar-refractivity contribution < 1.29 is 31.8 Å². The maximum absolute atomic E-state index is 14.8. The van der Waals surface area contributed by atoms with Gasteiger partial charge in [-0.15, -0.1) is 0 Å². The van der Waals surface area contributed by atoms with Crippen LogP contribution < -0.4 is 4.74 Å². The smallest absolute Gasteiger partial charge is 0.433 e. The molecule has 0 spiro atoms. The van der Waals surface area contributed by atoms with Crippen LogP contribution in [-0.4, -0.2) is 31.7 Å². The summed E-state index contributed by atoms with van der Waals surface area (Å²) in [6.45, 7) is 0.766. The first-order valence-electron chi connectivity index (χ1n) is 12.5. The number of alkyl halides is 5. The zero-order chi connectivity index (χ0) is 29.6. The largest absolute Gasteiger partial charge is 0.496 e. The number of halogens is 5. The van der Waals surface area contributed by atoms with Gasteiger partial charge in [-0.2, -0.15) is 22.0 Å². The normalized spacial score (nSPS) is 13.8. The first kappa shape index (κ1) is 28.2. The van der Waals surface area contributed by atoms with Gasteiger partial charge < -0.3 is 14.4 Å². The van der Waals surface area contributed by atoms with E-state index in [9.17, 15) is 27.1 Å². The average Bonchev–Trinajstić information content (AvgIpc) is 3.37. The number of nitrogens with zero attached hydrogens (tertiary/aromatic N) is 4. The molecule has 0 aliphatic carbocycles. The third-order valence-corrected chi connectivity index (χ3v) is 6.95. The highest BCUT2D eigenvalue weighted by atomic mass is 19.4. The molecule has 6 nitrogen and oxygen atoms in total. The minimum absolute atomic E-state index is 0.0431. The molecular formula is C30H25F5N4O2. The van der Waals surface area contributed by atoms with Gasteiger partial charge in [0.15, 0.2) is 5.60 Å². The molecule has 0 saturated carbocycles. The van der Waals surface area contributed by atoms with Gasteiger partial charge in [-0.3, -0.25) is 4.98 Å². The van der Waals surface area contributed by atoms with Crippen LogP contribution in [0.5, 0.6) is 5.75 Å². The molecule has 41 heavy (non-hydrogen) atoms. The SMILES string of the molecule is COc1c(Cc2ccccc2)c(C(C)(F)F)nc2ccc(C(O)(c3ccc(C(F)(F)F)nc3)c3cncn3C)cc12. The lowest BCUT2D eigenvalue weighted by Gasteiger charge is -2.30. The van der Waals surface area contributed by atoms with Crippen LogP contribution in [0, 0.1) is 0 Å². The molecule has 1 unspecified atom stereocenters. The maximum Gasteiger partial charge on any atom is 0.433 e. The quantitative estimate of drug-likeness (QED) is 0.231. The Kier molecular flexibility index (Phi) is 7.02. The van der Waals surface area contributed by atoms with Crippen molar-refractivity contribution in [1.29, 1.82) is 0 Å². The molecule has 0 aliphatic heterocycles. The molecule has 212 valence electrons. The molecule has 0 radical (unpaired) electrons. The Morgan fingerprint density at radius 3 is 2.20 bits per heavy atom. The van der Waals surface area contributed by atoms with Crippen LogP contribution in [0.1, 0.15) is 46.3 Å². The van der Waals surface area contributed by atoms with E-state index < -0.39 is 29.1 Å². The van der Waals surface area contributed by atoms with Crippen molar-refractivity contribution in [2.45, 2.75) is 31.0 Å². The fourth-order valence-electron chi connectivity index (χ4n) is 5.00. The molecule has 0 bridgehead atoms. The summed E-state index contributed by atoms with van der Waals surface area (Å²) >= 11 is 0. The van der Waals surface area contributed by atoms with Gasteiger partial charge in [0.2, 0.25) is 0 Å². The van der Waals surface area contributed by atoms with Crippen LogP contribution in [0.3, 0.4) is 0 Å². The van der Waals surface area contributed by atoms with E-state index in [1.165, 1.54) is 42.4 Å². The summed E-state index contributed by atoms with van der Waals surface area (Å²) in [6.07, 6.45) is -0.783. The number of fused-ring (bicyclic) bond motifs is 1. The van der Waals surface area contributed by atoms with Crippen molar-refractivity contribution in [3.63, 3.8) is 0 Å². The second kappa shape index (κ2) is 10.2. The molecule has 11 heteroatoms. The predicted octanol–water partition coefficient (Wildman–Crippen LogP) is 6.38. The highest BCUT2D eigenvalue weighted by Gasteiger charge is 2.40. The highest BCUT2D eigenvalue weighted by molar-refractivity contribution is 5.88. The molecule has 1 N–H and O–H groups in total. The lowest BCUT2D eigenvalue weighted by atomic mass is 9.83. The van der Waals surface area contributed by atoms with E-state index in [1.54, 1.807) is 31.3 Å². The van der Waals surface area contributed by atoms with Gasteiger partial charge in [-0.1, -0.05) is 42.5 Å². The molecular weight excluding hydrogens is 543 g/mol. The molecule has 0 fully saturated rings. The first-order chi connectivity index (χ1) is 19.3. The zero-order valence-corrected chi connectivity index (χ0v) is 22.2. The molecule has 3 aromatic heterocycles. The van der Waals surface area contributed by atoms with Crippen LogP contribution in [-0.2, 0) is 31.2 Å². The fraction of sp³-hybridized carbons (Fsp3) is 0.233. The summed E-state index contributed by atoms with van der Waals surface area (Å²) in [7, 11) is 2.99. The van der Waals surface area contributed by atoms with Gasteiger partial charge in [0.05, 0.1) is 30.8 Å². The lowest BCUT2D eigenvalue weighted by molar-refractivity contribution is -0.141. The van der Waals surface area contributed by atoms with Crippen LogP contribution in [0.2, 0.25) is 0 Å². The van der Waals surface area contributed by atoms with E-state index in [-0.39, 0.29) is 40.1 Å². The Bertz CT molecular complexity index is 1700. The maximum atomic E-state index is 14.8. The van der Waals surface area contributed by atoms with E-state index in [0.29, 0.717) is 5.39 Å². The van der Waals surface area contributed by atoms with Crippen molar-refractivity contribution in [1.82, 2.24) is 19.5 Å². The number of aliphatic hydroxyl groups is 1. The van der Waals surface area contributed by atoms with E-state index in [2.05, 4.69) is 15.0 Å². The number of hydrogen-bond donors (Lipinski definition) is 1. The van der Waals surface area contributed by atoms with Gasteiger partial charge in [0, 0.05) is 43.1 Å².